The Morgan fingerprint density at radius 3 is 2.66 bits per heavy atom. The Bertz CT molecular complexity index is 824. The number of ketones is 1. The Kier molecular flexibility index (Phi) is 6.49. The molecule has 154 valence electrons. The summed E-state index contributed by atoms with van der Waals surface area (Å²) in [5.74, 6) is -1.33. The van der Waals surface area contributed by atoms with E-state index in [1.165, 1.54) is 19.1 Å². The van der Waals surface area contributed by atoms with Crippen LogP contribution in [-0.4, -0.2) is 48.3 Å². The summed E-state index contributed by atoms with van der Waals surface area (Å²) in [7, 11) is 1.57. The first kappa shape index (κ1) is 20.8. The minimum atomic E-state index is -0.918. The van der Waals surface area contributed by atoms with E-state index in [4.69, 9.17) is 14.2 Å². The molecule has 7 nitrogen and oxygen atoms in total. The molecule has 1 aliphatic heterocycles. The Morgan fingerprint density at radius 1 is 1.28 bits per heavy atom. The van der Waals surface area contributed by atoms with E-state index in [2.05, 4.69) is 0 Å². The van der Waals surface area contributed by atoms with Crippen molar-refractivity contribution in [1.82, 2.24) is 0 Å². The molecule has 3 rings (SSSR count). The summed E-state index contributed by atoms with van der Waals surface area (Å²) >= 11 is 0. The Balaban J connectivity index is 1.47. The molecule has 1 N–H and O–H groups in total. The number of esters is 2. The molecule has 5 unspecified atom stereocenters. The minimum absolute atomic E-state index is 0.238. The summed E-state index contributed by atoms with van der Waals surface area (Å²) in [6.45, 7) is 1.52. The molecule has 0 saturated heterocycles. The second-order valence-electron chi connectivity index (χ2n) is 7.20. The van der Waals surface area contributed by atoms with Gasteiger partial charge >= 0.3 is 11.9 Å². The third-order valence-corrected chi connectivity index (χ3v) is 5.14. The molecular weight excluding hydrogens is 376 g/mol. The zero-order valence-electron chi connectivity index (χ0n) is 16.3. The van der Waals surface area contributed by atoms with Crippen molar-refractivity contribution >= 4 is 23.8 Å². The Hall–Kier alpha value is -2.93. The van der Waals surface area contributed by atoms with Crippen LogP contribution in [0.2, 0.25) is 0 Å². The summed E-state index contributed by atoms with van der Waals surface area (Å²) in [5, 5.41) is 10.4. The van der Waals surface area contributed by atoms with Crippen molar-refractivity contribution in [3.8, 4) is 5.75 Å². The fourth-order valence-corrected chi connectivity index (χ4v) is 3.39. The van der Waals surface area contributed by atoms with E-state index in [9.17, 15) is 19.5 Å². The predicted octanol–water partition coefficient (Wildman–Crippen LogP) is 2.08. The van der Waals surface area contributed by atoms with Crippen LogP contribution in [0, 0.1) is 11.8 Å². The van der Waals surface area contributed by atoms with Crippen LogP contribution < -0.4 is 4.74 Å². The number of carbonyl (C=O) groups is 3. The van der Waals surface area contributed by atoms with Crippen LogP contribution in [0.4, 0.5) is 0 Å². The van der Waals surface area contributed by atoms with Gasteiger partial charge in [-0.2, -0.15) is 0 Å². The first-order chi connectivity index (χ1) is 13.9. The maximum atomic E-state index is 12.5. The largest absolute Gasteiger partial charge is 0.497 e. The van der Waals surface area contributed by atoms with Crippen LogP contribution in [0.25, 0.3) is 6.08 Å². The molecule has 29 heavy (non-hydrogen) atoms. The first-order valence-electron chi connectivity index (χ1n) is 9.50. The molecule has 0 aromatic heterocycles. The Morgan fingerprint density at radius 2 is 2.00 bits per heavy atom. The molecule has 0 radical (unpaired) electrons. The maximum Gasteiger partial charge on any atom is 0.331 e. The third kappa shape index (κ3) is 5.32. The number of aliphatic hydroxyl groups is 1. The van der Waals surface area contributed by atoms with Crippen LogP contribution in [0.1, 0.15) is 25.3 Å². The van der Waals surface area contributed by atoms with Gasteiger partial charge in [0.2, 0.25) is 0 Å². The normalized spacial score (nSPS) is 25.2. The van der Waals surface area contributed by atoms with Crippen molar-refractivity contribution < 1.29 is 33.7 Å². The molecule has 1 aromatic carbocycles. The average molecular weight is 400 g/mol. The topological polar surface area (TPSA) is 99.1 Å². The van der Waals surface area contributed by atoms with Crippen LogP contribution >= 0.6 is 0 Å². The zero-order valence-corrected chi connectivity index (χ0v) is 16.3. The van der Waals surface area contributed by atoms with Crippen molar-refractivity contribution in [3.63, 3.8) is 0 Å². The van der Waals surface area contributed by atoms with Crippen molar-refractivity contribution in [2.75, 3.05) is 7.11 Å². The van der Waals surface area contributed by atoms with E-state index >= 15 is 0 Å². The number of hydrogen-bond acceptors (Lipinski definition) is 7. The number of carbonyl (C=O) groups excluding carboxylic acids is 3. The lowest BCUT2D eigenvalue weighted by molar-refractivity contribution is -0.152. The van der Waals surface area contributed by atoms with Gasteiger partial charge in [-0.15, -0.1) is 0 Å². The fraction of sp³-hybridized carbons (Fsp3) is 0.409. The van der Waals surface area contributed by atoms with Gasteiger partial charge < -0.3 is 19.3 Å². The van der Waals surface area contributed by atoms with Gasteiger partial charge in [-0.3, -0.25) is 4.79 Å². The monoisotopic (exact) mass is 400 g/mol. The van der Waals surface area contributed by atoms with Crippen molar-refractivity contribution in [2.45, 2.75) is 38.1 Å². The Labute approximate surface area is 168 Å². The van der Waals surface area contributed by atoms with Crippen molar-refractivity contribution in [3.05, 3.63) is 48.1 Å². The highest BCUT2D eigenvalue weighted by atomic mass is 16.6. The van der Waals surface area contributed by atoms with E-state index in [0.29, 0.717) is 18.6 Å². The number of Topliss-reactive ketones (excluding diaryl/α,β-unsaturated/α-hetero) is 1. The van der Waals surface area contributed by atoms with Gasteiger partial charge in [0.15, 0.2) is 11.9 Å². The highest BCUT2D eigenvalue weighted by Gasteiger charge is 2.51. The van der Waals surface area contributed by atoms with Gasteiger partial charge in [0, 0.05) is 24.5 Å². The molecule has 2 aliphatic rings. The van der Waals surface area contributed by atoms with E-state index in [-0.39, 0.29) is 11.7 Å². The minimum Gasteiger partial charge on any atom is -0.497 e. The van der Waals surface area contributed by atoms with Crippen molar-refractivity contribution in [2.24, 2.45) is 11.8 Å². The standard InChI is InChI=1S/C22H24O7/c1-13(28-20(24)11-8-14-6-9-15(27-2)10-7-14)21(25)16-12-17(16)22(26)18-4-3-5-19(23)29-18/h3,5-11,13,16-18,22,26H,4,12H2,1-2H3/b11-8+. The quantitative estimate of drug-likeness (QED) is 0.527. The van der Waals surface area contributed by atoms with Crippen LogP contribution in [-0.2, 0) is 23.9 Å². The molecule has 0 bridgehead atoms. The number of benzene rings is 1. The first-order valence-corrected chi connectivity index (χ1v) is 9.50. The molecule has 1 fully saturated rings. The second-order valence-corrected chi connectivity index (χ2v) is 7.20. The van der Waals surface area contributed by atoms with Crippen LogP contribution in [0.3, 0.4) is 0 Å². The van der Waals surface area contributed by atoms with Gasteiger partial charge in [0.25, 0.3) is 0 Å². The SMILES string of the molecule is COc1ccc(/C=C/C(=O)OC(C)C(=O)C2CC2C(O)C2CC=CC(=O)O2)cc1. The van der Waals surface area contributed by atoms with E-state index in [1.807, 2.05) is 0 Å². The number of aliphatic hydroxyl groups excluding tert-OH is 1. The average Bonchev–Trinajstić information content (AvgIpc) is 3.52. The lowest BCUT2D eigenvalue weighted by Gasteiger charge is -2.24. The van der Waals surface area contributed by atoms with E-state index in [0.717, 1.165) is 5.56 Å². The molecular formula is C22H24O7. The highest BCUT2D eigenvalue weighted by Crippen LogP contribution is 2.44. The number of hydrogen-bond donors (Lipinski definition) is 1. The summed E-state index contributed by atoms with van der Waals surface area (Å²) in [5.41, 5.74) is 0.795. The van der Waals surface area contributed by atoms with Crippen LogP contribution in [0.5, 0.6) is 5.75 Å². The zero-order chi connectivity index (χ0) is 21.0. The smallest absolute Gasteiger partial charge is 0.331 e. The molecule has 5 atom stereocenters. The van der Waals surface area contributed by atoms with Gasteiger partial charge in [0.05, 0.1) is 13.2 Å². The maximum absolute atomic E-state index is 12.5. The van der Waals surface area contributed by atoms with Gasteiger partial charge in [-0.25, -0.2) is 9.59 Å². The lowest BCUT2D eigenvalue weighted by Crippen LogP contribution is -2.35. The third-order valence-electron chi connectivity index (χ3n) is 5.14. The van der Waals surface area contributed by atoms with Gasteiger partial charge in [0.1, 0.15) is 11.9 Å². The number of cyclic esters (lactones) is 1. The van der Waals surface area contributed by atoms with Gasteiger partial charge in [-0.1, -0.05) is 18.2 Å². The summed E-state index contributed by atoms with van der Waals surface area (Å²) < 4.78 is 15.4. The molecule has 1 aliphatic carbocycles. The molecule has 1 heterocycles. The predicted molar refractivity (Wildman–Crippen MR) is 104 cm³/mol. The lowest BCUT2D eigenvalue weighted by atomic mass is 10.0. The molecule has 0 amide bonds. The van der Waals surface area contributed by atoms with E-state index < -0.39 is 36.2 Å². The summed E-state index contributed by atoms with van der Waals surface area (Å²) in [6.07, 6.45) is 4.27. The molecule has 7 heteroatoms. The summed E-state index contributed by atoms with van der Waals surface area (Å²) in [4.78, 5) is 35.8. The second kappa shape index (κ2) is 9.05. The number of methoxy groups -OCH3 is 1. The molecule has 1 aromatic rings. The van der Waals surface area contributed by atoms with Crippen LogP contribution in [0.15, 0.2) is 42.5 Å². The molecule has 1 saturated carbocycles. The van der Waals surface area contributed by atoms with E-state index in [1.54, 1.807) is 43.5 Å². The fourth-order valence-electron chi connectivity index (χ4n) is 3.39. The number of ether oxygens (including phenoxy) is 3. The number of rotatable bonds is 8. The van der Waals surface area contributed by atoms with Gasteiger partial charge in [-0.05, 0) is 43.0 Å². The van der Waals surface area contributed by atoms with Crippen molar-refractivity contribution in [1.29, 1.82) is 0 Å². The molecule has 0 spiro atoms. The highest BCUT2D eigenvalue weighted by molar-refractivity contribution is 5.93. The summed E-state index contributed by atoms with van der Waals surface area (Å²) in [6, 6.07) is 7.13.